The molecule has 25 heavy (non-hydrogen) atoms. The third-order valence-corrected chi connectivity index (χ3v) is 5.29. The number of benzene rings is 2. The van der Waals surface area contributed by atoms with Crippen LogP contribution in [-0.4, -0.2) is 42.3 Å². The van der Waals surface area contributed by atoms with Crippen LogP contribution in [0.3, 0.4) is 0 Å². The maximum atomic E-state index is 10.7. The van der Waals surface area contributed by atoms with Gasteiger partial charge in [-0.1, -0.05) is 36.4 Å². The van der Waals surface area contributed by atoms with E-state index in [1.807, 2.05) is 0 Å². The van der Waals surface area contributed by atoms with Gasteiger partial charge in [0, 0.05) is 17.9 Å². The molecule has 1 unspecified atom stereocenters. The van der Waals surface area contributed by atoms with Gasteiger partial charge >= 0.3 is 0 Å². The SMILES string of the molecule is Cl.OC(CN1CCCC1)CN1c2ccccc2CCc2ccccc21. The second-order valence-corrected chi connectivity index (χ2v) is 7.03. The monoisotopic (exact) mass is 358 g/mol. The number of aliphatic hydroxyl groups excluding tert-OH is 1. The van der Waals surface area contributed by atoms with Crippen LogP contribution in [0.5, 0.6) is 0 Å². The van der Waals surface area contributed by atoms with E-state index in [0.29, 0.717) is 6.54 Å². The molecule has 4 heteroatoms. The summed E-state index contributed by atoms with van der Waals surface area (Å²) in [6.07, 6.45) is 4.32. The summed E-state index contributed by atoms with van der Waals surface area (Å²) in [6, 6.07) is 17.3. The Morgan fingerprint density at radius 3 is 1.88 bits per heavy atom. The summed E-state index contributed by atoms with van der Waals surface area (Å²) in [7, 11) is 0. The fourth-order valence-corrected chi connectivity index (χ4v) is 4.10. The molecule has 2 aliphatic heterocycles. The molecule has 1 fully saturated rings. The van der Waals surface area contributed by atoms with Crippen LogP contribution in [0.25, 0.3) is 0 Å². The molecule has 0 spiro atoms. The van der Waals surface area contributed by atoms with Gasteiger partial charge in [-0.3, -0.25) is 0 Å². The molecular weight excluding hydrogens is 332 g/mol. The van der Waals surface area contributed by atoms with Gasteiger partial charge in [0.25, 0.3) is 0 Å². The maximum Gasteiger partial charge on any atom is 0.0845 e. The standard InChI is InChI=1S/C21H26N2O.ClH/c24-19(15-22-13-5-6-14-22)16-23-20-9-3-1-7-17(20)11-12-18-8-2-4-10-21(18)23;/h1-4,7-10,19,24H,5-6,11-16H2;1H. The number of hydrogen-bond donors (Lipinski definition) is 1. The lowest BCUT2D eigenvalue weighted by atomic mass is 10.0. The number of β-amino-alcohol motifs (C(OH)–C–C–N with tert-alkyl or cyclic N) is 1. The zero-order chi connectivity index (χ0) is 16.4. The van der Waals surface area contributed by atoms with Gasteiger partial charge < -0.3 is 14.9 Å². The van der Waals surface area contributed by atoms with Gasteiger partial charge in [0.1, 0.15) is 0 Å². The first-order valence-corrected chi connectivity index (χ1v) is 9.15. The van der Waals surface area contributed by atoms with Gasteiger partial charge in [0.05, 0.1) is 12.6 Å². The van der Waals surface area contributed by atoms with Gasteiger partial charge in [-0.05, 0) is 62.0 Å². The highest BCUT2D eigenvalue weighted by Crippen LogP contribution is 2.35. The topological polar surface area (TPSA) is 26.7 Å². The van der Waals surface area contributed by atoms with Crippen molar-refractivity contribution >= 4 is 23.8 Å². The molecule has 1 atom stereocenters. The summed E-state index contributed by atoms with van der Waals surface area (Å²) in [6.45, 7) is 3.69. The van der Waals surface area contributed by atoms with Crippen molar-refractivity contribution in [1.29, 1.82) is 0 Å². The quantitative estimate of drug-likeness (QED) is 0.900. The number of nitrogens with zero attached hydrogens (tertiary/aromatic N) is 2. The fraction of sp³-hybridized carbons (Fsp3) is 0.429. The molecule has 0 saturated carbocycles. The van der Waals surface area contributed by atoms with Crippen molar-refractivity contribution in [2.45, 2.75) is 31.8 Å². The number of fused-ring (bicyclic) bond motifs is 2. The van der Waals surface area contributed by atoms with E-state index in [0.717, 1.165) is 32.5 Å². The first kappa shape index (κ1) is 18.2. The summed E-state index contributed by atoms with van der Waals surface area (Å²) in [5, 5.41) is 10.7. The summed E-state index contributed by atoms with van der Waals surface area (Å²) in [4.78, 5) is 4.72. The van der Waals surface area contributed by atoms with Gasteiger partial charge in [0.2, 0.25) is 0 Å². The largest absolute Gasteiger partial charge is 0.390 e. The van der Waals surface area contributed by atoms with Crippen molar-refractivity contribution in [3.8, 4) is 0 Å². The smallest absolute Gasteiger partial charge is 0.0845 e. The summed E-state index contributed by atoms with van der Waals surface area (Å²) < 4.78 is 0. The Morgan fingerprint density at radius 1 is 0.800 bits per heavy atom. The van der Waals surface area contributed by atoms with Crippen LogP contribution in [0.15, 0.2) is 48.5 Å². The van der Waals surface area contributed by atoms with Crippen molar-refractivity contribution < 1.29 is 5.11 Å². The van der Waals surface area contributed by atoms with Gasteiger partial charge in [-0.2, -0.15) is 0 Å². The number of aryl methyl sites for hydroxylation is 2. The highest BCUT2D eigenvalue weighted by Gasteiger charge is 2.24. The maximum absolute atomic E-state index is 10.7. The molecule has 2 aromatic carbocycles. The van der Waals surface area contributed by atoms with E-state index < -0.39 is 0 Å². The van der Waals surface area contributed by atoms with E-state index >= 15 is 0 Å². The lowest BCUT2D eigenvalue weighted by Crippen LogP contribution is -2.38. The Labute approximate surface area is 156 Å². The van der Waals surface area contributed by atoms with Crippen LogP contribution in [-0.2, 0) is 12.8 Å². The first-order valence-electron chi connectivity index (χ1n) is 9.15. The molecule has 134 valence electrons. The number of rotatable bonds is 4. The third kappa shape index (κ3) is 4.00. The van der Waals surface area contributed by atoms with Crippen LogP contribution in [0.2, 0.25) is 0 Å². The third-order valence-electron chi connectivity index (χ3n) is 5.29. The van der Waals surface area contributed by atoms with Crippen LogP contribution in [0, 0.1) is 0 Å². The molecule has 1 saturated heterocycles. The molecule has 2 heterocycles. The van der Waals surface area contributed by atoms with E-state index in [9.17, 15) is 5.11 Å². The van der Waals surface area contributed by atoms with E-state index in [1.54, 1.807) is 0 Å². The number of likely N-dealkylation sites (tertiary alicyclic amines) is 1. The Hall–Kier alpha value is -1.55. The van der Waals surface area contributed by atoms with Crippen LogP contribution in [0.4, 0.5) is 11.4 Å². The lowest BCUT2D eigenvalue weighted by Gasteiger charge is -2.30. The predicted octanol–water partition coefficient (Wildman–Crippen LogP) is 3.80. The van der Waals surface area contributed by atoms with Crippen LogP contribution in [0.1, 0.15) is 24.0 Å². The second kappa shape index (κ2) is 8.22. The summed E-state index contributed by atoms with van der Waals surface area (Å²) in [5.74, 6) is 0. The average Bonchev–Trinajstić information content (AvgIpc) is 3.06. The number of aliphatic hydroxyl groups is 1. The molecule has 2 aliphatic rings. The molecule has 2 aromatic rings. The second-order valence-electron chi connectivity index (χ2n) is 7.03. The molecule has 0 radical (unpaired) electrons. The first-order chi connectivity index (χ1) is 11.8. The van der Waals surface area contributed by atoms with E-state index in [-0.39, 0.29) is 18.5 Å². The summed E-state index contributed by atoms with van der Waals surface area (Å²) in [5.41, 5.74) is 5.26. The Morgan fingerprint density at radius 2 is 1.32 bits per heavy atom. The van der Waals surface area contributed by atoms with Crippen molar-refractivity contribution in [2.75, 3.05) is 31.1 Å². The Kier molecular flexibility index (Phi) is 6.00. The molecule has 4 rings (SSSR count). The minimum atomic E-state index is -0.331. The zero-order valence-corrected chi connectivity index (χ0v) is 15.4. The highest BCUT2D eigenvalue weighted by atomic mass is 35.5. The van der Waals surface area contributed by atoms with Gasteiger partial charge in [-0.15, -0.1) is 12.4 Å². The number of anilines is 2. The minimum Gasteiger partial charge on any atom is -0.390 e. The average molecular weight is 359 g/mol. The Bertz CT molecular complexity index is 652. The fourth-order valence-electron chi connectivity index (χ4n) is 4.10. The van der Waals surface area contributed by atoms with E-state index in [1.165, 1.54) is 35.3 Å². The number of hydrogen-bond acceptors (Lipinski definition) is 3. The molecule has 0 bridgehead atoms. The normalized spacial score (nSPS) is 18.0. The van der Waals surface area contributed by atoms with E-state index in [2.05, 4.69) is 58.3 Å². The van der Waals surface area contributed by atoms with Crippen molar-refractivity contribution in [1.82, 2.24) is 4.90 Å². The molecule has 0 aromatic heterocycles. The van der Waals surface area contributed by atoms with Crippen molar-refractivity contribution in [3.05, 3.63) is 59.7 Å². The van der Waals surface area contributed by atoms with E-state index in [4.69, 9.17) is 0 Å². The predicted molar refractivity (Wildman–Crippen MR) is 106 cm³/mol. The van der Waals surface area contributed by atoms with Crippen LogP contribution >= 0.6 is 12.4 Å². The van der Waals surface area contributed by atoms with Crippen LogP contribution < -0.4 is 4.90 Å². The molecular formula is C21H27ClN2O. The molecule has 0 aliphatic carbocycles. The Balaban J connectivity index is 0.00000182. The minimum absolute atomic E-state index is 0. The molecule has 3 nitrogen and oxygen atoms in total. The number of para-hydroxylation sites is 2. The zero-order valence-electron chi connectivity index (χ0n) is 14.6. The highest BCUT2D eigenvalue weighted by molar-refractivity contribution is 5.85. The summed E-state index contributed by atoms with van der Waals surface area (Å²) >= 11 is 0. The van der Waals surface area contributed by atoms with Gasteiger partial charge in [-0.25, -0.2) is 0 Å². The molecule has 1 N–H and O–H groups in total. The molecule has 0 amide bonds. The number of halogens is 1. The van der Waals surface area contributed by atoms with Gasteiger partial charge in [0.15, 0.2) is 0 Å². The van der Waals surface area contributed by atoms with Crippen molar-refractivity contribution in [3.63, 3.8) is 0 Å². The lowest BCUT2D eigenvalue weighted by molar-refractivity contribution is 0.132. The van der Waals surface area contributed by atoms with Crippen molar-refractivity contribution in [2.24, 2.45) is 0 Å².